The topological polar surface area (TPSA) is 60.9 Å². The van der Waals surface area contributed by atoms with E-state index in [0.717, 1.165) is 31.0 Å². The van der Waals surface area contributed by atoms with E-state index < -0.39 is 5.97 Å². The fourth-order valence-corrected chi connectivity index (χ4v) is 3.21. The summed E-state index contributed by atoms with van der Waals surface area (Å²) in [6.07, 6.45) is 1.49. The molecule has 2 fully saturated rings. The van der Waals surface area contributed by atoms with E-state index in [1.165, 1.54) is 0 Å². The third-order valence-electron chi connectivity index (χ3n) is 3.32. The number of hydrogen-bond acceptors (Lipinski definition) is 3. The lowest BCUT2D eigenvalue weighted by molar-refractivity contribution is -0.143. The van der Waals surface area contributed by atoms with E-state index in [2.05, 4.69) is 0 Å². The molecule has 2 aliphatic heterocycles. The van der Waals surface area contributed by atoms with Crippen LogP contribution in [-0.2, 0) is 4.79 Å². The zero-order chi connectivity index (χ0) is 12.3. The van der Waals surface area contributed by atoms with Crippen molar-refractivity contribution in [1.29, 1.82) is 0 Å². The molecule has 0 radical (unpaired) electrons. The van der Waals surface area contributed by atoms with E-state index in [9.17, 15) is 9.59 Å². The summed E-state index contributed by atoms with van der Waals surface area (Å²) >= 11 is 1.86. The molecular formula is C11H18N2O3S. The van der Waals surface area contributed by atoms with Gasteiger partial charge >= 0.3 is 12.0 Å². The molecule has 2 rings (SSSR count). The van der Waals surface area contributed by atoms with Crippen LogP contribution in [0.3, 0.4) is 0 Å². The molecule has 1 atom stereocenters. The van der Waals surface area contributed by atoms with Crippen molar-refractivity contribution in [3.8, 4) is 0 Å². The number of carbonyl (C=O) groups is 2. The molecular weight excluding hydrogens is 240 g/mol. The number of likely N-dealkylation sites (tertiary alicyclic amines) is 1. The molecule has 0 aromatic rings. The molecule has 2 saturated heterocycles. The van der Waals surface area contributed by atoms with Crippen LogP contribution in [0.2, 0.25) is 0 Å². The smallest absolute Gasteiger partial charge is 0.320 e. The van der Waals surface area contributed by atoms with Gasteiger partial charge in [-0.2, -0.15) is 11.8 Å². The van der Waals surface area contributed by atoms with Gasteiger partial charge in [0.2, 0.25) is 0 Å². The predicted molar refractivity (Wildman–Crippen MR) is 66.2 cm³/mol. The molecule has 0 aromatic heterocycles. The number of hydrogen-bond donors (Lipinski definition) is 1. The van der Waals surface area contributed by atoms with Crippen LogP contribution in [0, 0.1) is 5.92 Å². The molecule has 2 amide bonds. The highest BCUT2D eigenvalue weighted by atomic mass is 32.2. The lowest BCUT2D eigenvalue weighted by Gasteiger charge is -2.36. The van der Waals surface area contributed by atoms with Gasteiger partial charge in [-0.1, -0.05) is 0 Å². The zero-order valence-electron chi connectivity index (χ0n) is 9.80. The van der Waals surface area contributed by atoms with Crippen molar-refractivity contribution in [3.05, 3.63) is 0 Å². The molecule has 0 bridgehead atoms. The van der Waals surface area contributed by atoms with Gasteiger partial charge in [0.05, 0.1) is 5.92 Å². The minimum absolute atomic E-state index is 0.0243. The van der Waals surface area contributed by atoms with Gasteiger partial charge in [-0.3, -0.25) is 4.79 Å². The first-order valence-corrected chi connectivity index (χ1v) is 7.18. The molecule has 0 spiro atoms. The van der Waals surface area contributed by atoms with E-state index in [1.807, 2.05) is 16.7 Å². The molecule has 96 valence electrons. The second-order valence-corrected chi connectivity index (χ2v) is 5.73. The first kappa shape index (κ1) is 12.5. The molecule has 17 heavy (non-hydrogen) atoms. The average molecular weight is 258 g/mol. The summed E-state index contributed by atoms with van der Waals surface area (Å²) in [7, 11) is 0. The van der Waals surface area contributed by atoms with Crippen molar-refractivity contribution in [3.63, 3.8) is 0 Å². The maximum Gasteiger partial charge on any atom is 0.320 e. The average Bonchev–Trinajstić information content (AvgIpc) is 2.39. The first-order chi connectivity index (χ1) is 8.18. The molecule has 0 saturated carbocycles. The van der Waals surface area contributed by atoms with Gasteiger partial charge in [0.1, 0.15) is 0 Å². The van der Waals surface area contributed by atoms with Crippen molar-refractivity contribution < 1.29 is 14.7 Å². The SMILES string of the molecule is O=C(O)[C@@H]1CCCN(C(=O)N2CCSCC2)C1. The first-order valence-electron chi connectivity index (χ1n) is 6.03. The van der Waals surface area contributed by atoms with E-state index in [-0.39, 0.29) is 11.9 Å². The van der Waals surface area contributed by atoms with Crippen LogP contribution >= 0.6 is 11.8 Å². The van der Waals surface area contributed by atoms with Gasteiger partial charge in [-0.15, -0.1) is 0 Å². The number of carboxylic acids is 1. The minimum atomic E-state index is -0.781. The third kappa shape index (κ3) is 3.06. The van der Waals surface area contributed by atoms with Gasteiger partial charge in [-0.25, -0.2) is 4.79 Å². The molecule has 1 N–H and O–H groups in total. The summed E-state index contributed by atoms with van der Waals surface area (Å²) in [5.74, 6) is 0.813. The van der Waals surface area contributed by atoms with E-state index in [4.69, 9.17) is 5.11 Å². The predicted octanol–water partition coefficient (Wildman–Crippen LogP) is 0.952. The maximum atomic E-state index is 12.2. The molecule has 2 heterocycles. The number of thioether (sulfide) groups is 1. The highest BCUT2D eigenvalue weighted by Gasteiger charge is 2.30. The molecule has 5 nitrogen and oxygen atoms in total. The number of carbonyl (C=O) groups excluding carboxylic acids is 1. The van der Waals surface area contributed by atoms with Crippen molar-refractivity contribution >= 4 is 23.8 Å². The lowest BCUT2D eigenvalue weighted by atomic mass is 9.99. The fourth-order valence-electron chi connectivity index (χ4n) is 2.31. The van der Waals surface area contributed by atoms with Crippen LogP contribution in [0.25, 0.3) is 0 Å². The summed E-state index contributed by atoms with van der Waals surface area (Å²) in [4.78, 5) is 26.7. The quantitative estimate of drug-likeness (QED) is 0.761. The van der Waals surface area contributed by atoms with Crippen molar-refractivity contribution in [1.82, 2.24) is 9.80 Å². The maximum absolute atomic E-state index is 12.2. The largest absolute Gasteiger partial charge is 0.481 e. The summed E-state index contributed by atoms with van der Waals surface area (Å²) in [6.45, 7) is 2.65. The summed E-state index contributed by atoms with van der Waals surface area (Å²) in [6, 6.07) is 0.0243. The number of nitrogens with zero attached hydrogens (tertiary/aromatic N) is 2. The van der Waals surface area contributed by atoms with Crippen LogP contribution < -0.4 is 0 Å². The normalized spacial score (nSPS) is 25.8. The number of aliphatic carboxylic acids is 1. The number of rotatable bonds is 1. The zero-order valence-corrected chi connectivity index (χ0v) is 10.6. The van der Waals surface area contributed by atoms with Crippen LogP contribution in [0.15, 0.2) is 0 Å². The summed E-state index contributed by atoms with van der Waals surface area (Å²) < 4.78 is 0. The lowest BCUT2D eigenvalue weighted by Crippen LogP contribution is -2.50. The number of carboxylic acid groups (broad SMARTS) is 1. The molecule has 2 aliphatic rings. The van der Waals surface area contributed by atoms with Crippen LogP contribution in [-0.4, -0.2) is 64.6 Å². The molecule has 0 unspecified atom stereocenters. The molecule has 6 heteroatoms. The monoisotopic (exact) mass is 258 g/mol. The van der Waals surface area contributed by atoms with Crippen molar-refractivity contribution in [2.24, 2.45) is 5.92 Å². The van der Waals surface area contributed by atoms with E-state index in [1.54, 1.807) is 4.90 Å². The van der Waals surface area contributed by atoms with Gasteiger partial charge in [-0.05, 0) is 12.8 Å². The Balaban J connectivity index is 1.91. The number of urea groups is 1. The standard InChI is InChI=1S/C11H18N2O3S/c14-10(15)9-2-1-3-13(8-9)11(16)12-4-6-17-7-5-12/h9H,1-8H2,(H,14,15)/t9-/m1/s1. The summed E-state index contributed by atoms with van der Waals surface area (Å²) in [5, 5.41) is 8.99. The Morgan fingerprint density at radius 3 is 2.47 bits per heavy atom. The highest BCUT2D eigenvalue weighted by Crippen LogP contribution is 2.19. The number of amides is 2. The van der Waals surface area contributed by atoms with Crippen molar-refractivity contribution in [2.45, 2.75) is 12.8 Å². The number of piperidine rings is 1. The molecule has 0 aliphatic carbocycles. The Labute approximate surface area is 105 Å². The van der Waals surface area contributed by atoms with Crippen LogP contribution in [0.5, 0.6) is 0 Å². The van der Waals surface area contributed by atoms with E-state index in [0.29, 0.717) is 19.5 Å². The van der Waals surface area contributed by atoms with Crippen LogP contribution in [0.1, 0.15) is 12.8 Å². The minimum Gasteiger partial charge on any atom is -0.481 e. The Morgan fingerprint density at radius 1 is 1.12 bits per heavy atom. The van der Waals surface area contributed by atoms with Crippen LogP contribution in [0.4, 0.5) is 4.79 Å². The van der Waals surface area contributed by atoms with Gasteiger partial charge in [0, 0.05) is 37.7 Å². The van der Waals surface area contributed by atoms with Crippen molar-refractivity contribution in [2.75, 3.05) is 37.7 Å². The van der Waals surface area contributed by atoms with Gasteiger partial charge in [0.25, 0.3) is 0 Å². The second-order valence-electron chi connectivity index (χ2n) is 4.51. The Kier molecular flexibility index (Phi) is 4.15. The van der Waals surface area contributed by atoms with Gasteiger partial charge in [0.15, 0.2) is 0 Å². The second kappa shape index (κ2) is 5.62. The third-order valence-corrected chi connectivity index (χ3v) is 4.27. The Hall–Kier alpha value is -0.910. The van der Waals surface area contributed by atoms with Gasteiger partial charge < -0.3 is 14.9 Å². The molecule has 0 aromatic carbocycles. The Bertz CT molecular complexity index is 305. The Morgan fingerprint density at radius 2 is 1.82 bits per heavy atom. The van der Waals surface area contributed by atoms with E-state index >= 15 is 0 Å². The summed E-state index contributed by atoms with van der Waals surface area (Å²) in [5.41, 5.74) is 0. The highest BCUT2D eigenvalue weighted by molar-refractivity contribution is 7.99. The fraction of sp³-hybridized carbons (Fsp3) is 0.818.